The van der Waals surface area contributed by atoms with Crippen LogP contribution in [0.5, 0.6) is 0 Å². The summed E-state index contributed by atoms with van der Waals surface area (Å²) in [6.07, 6.45) is 0.889. The van der Waals surface area contributed by atoms with Crippen molar-refractivity contribution in [1.82, 2.24) is 0 Å². The highest BCUT2D eigenvalue weighted by atomic mass is 35.5. The van der Waals surface area contributed by atoms with Gasteiger partial charge >= 0.3 is 0 Å². The van der Waals surface area contributed by atoms with Crippen molar-refractivity contribution in [2.24, 2.45) is 5.73 Å². The van der Waals surface area contributed by atoms with Gasteiger partial charge in [-0.05, 0) is 31.0 Å². The Kier molecular flexibility index (Phi) is 5.31. The van der Waals surface area contributed by atoms with Crippen LogP contribution in [0.15, 0.2) is 24.3 Å². The Morgan fingerprint density at radius 3 is 2.67 bits per heavy atom. The topological polar surface area (TPSA) is 26.0 Å². The molecule has 0 fully saturated rings. The van der Waals surface area contributed by atoms with Crippen LogP contribution in [0.25, 0.3) is 0 Å². The van der Waals surface area contributed by atoms with E-state index in [-0.39, 0.29) is 18.4 Å². The number of halogens is 2. The number of hydrogen-bond donors (Lipinski definition) is 1. The van der Waals surface area contributed by atoms with Crippen molar-refractivity contribution in [2.75, 3.05) is 0 Å². The van der Waals surface area contributed by atoms with Crippen LogP contribution < -0.4 is 5.73 Å². The molecule has 12 heavy (non-hydrogen) atoms. The summed E-state index contributed by atoms with van der Waals surface area (Å²) in [4.78, 5) is 0. The number of benzene rings is 1. The minimum absolute atomic E-state index is 0. The maximum Gasteiger partial charge on any atom is 0.0408 e. The lowest BCUT2D eigenvalue weighted by Crippen LogP contribution is -2.17. The molecule has 2 N–H and O–H groups in total. The van der Waals surface area contributed by atoms with E-state index in [2.05, 4.69) is 0 Å². The molecular weight excluding hydrogens is 193 g/mol. The van der Waals surface area contributed by atoms with Gasteiger partial charge in [0.15, 0.2) is 0 Å². The van der Waals surface area contributed by atoms with Crippen molar-refractivity contribution in [3.63, 3.8) is 0 Å². The highest BCUT2D eigenvalue weighted by molar-refractivity contribution is 6.30. The molecule has 0 aromatic heterocycles. The first kappa shape index (κ1) is 11.8. The third-order valence-corrected chi connectivity index (χ3v) is 1.68. The second-order valence-electron chi connectivity index (χ2n) is 2.81. The van der Waals surface area contributed by atoms with E-state index < -0.39 is 0 Å². The zero-order valence-corrected chi connectivity index (χ0v) is 8.53. The van der Waals surface area contributed by atoms with Crippen LogP contribution in [0.2, 0.25) is 5.02 Å². The van der Waals surface area contributed by atoms with E-state index in [4.69, 9.17) is 17.3 Å². The molecule has 0 heterocycles. The molecule has 0 amide bonds. The Morgan fingerprint density at radius 2 is 2.17 bits per heavy atom. The predicted molar refractivity (Wildman–Crippen MR) is 56.1 cm³/mol. The molecule has 3 heteroatoms. The Balaban J connectivity index is 0.00000121. The van der Waals surface area contributed by atoms with Gasteiger partial charge in [0.05, 0.1) is 0 Å². The summed E-state index contributed by atoms with van der Waals surface area (Å²) in [5.74, 6) is 0. The lowest BCUT2D eigenvalue weighted by molar-refractivity contribution is 0.738. The number of nitrogens with two attached hydrogens (primary N) is 1. The van der Waals surface area contributed by atoms with Gasteiger partial charge in [-0.15, -0.1) is 12.4 Å². The summed E-state index contributed by atoms with van der Waals surface area (Å²) in [6.45, 7) is 1.99. The second kappa shape index (κ2) is 5.41. The summed E-state index contributed by atoms with van der Waals surface area (Å²) in [6, 6.07) is 8.00. The van der Waals surface area contributed by atoms with Crippen molar-refractivity contribution in [3.8, 4) is 0 Å². The van der Waals surface area contributed by atoms with Gasteiger partial charge in [0.2, 0.25) is 0 Å². The minimum Gasteiger partial charge on any atom is -0.328 e. The molecule has 1 nitrogen and oxygen atoms in total. The average Bonchev–Trinajstić information content (AvgIpc) is 1.85. The van der Waals surface area contributed by atoms with Gasteiger partial charge in [-0.3, -0.25) is 0 Å². The average molecular weight is 206 g/mol. The molecule has 0 aliphatic heterocycles. The van der Waals surface area contributed by atoms with Gasteiger partial charge in [0, 0.05) is 11.1 Å². The summed E-state index contributed by atoms with van der Waals surface area (Å²) >= 11 is 5.79. The van der Waals surface area contributed by atoms with E-state index in [0.29, 0.717) is 0 Å². The van der Waals surface area contributed by atoms with Gasteiger partial charge in [0.1, 0.15) is 0 Å². The largest absolute Gasteiger partial charge is 0.328 e. The molecule has 0 aliphatic carbocycles. The van der Waals surface area contributed by atoms with Gasteiger partial charge in [-0.2, -0.15) is 0 Å². The van der Waals surface area contributed by atoms with Gasteiger partial charge < -0.3 is 5.73 Å². The maximum absolute atomic E-state index is 5.79. The standard InChI is InChI=1S/C9H12ClN.ClH/c1-7(11)5-8-3-2-4-9(10)6-8;/h2-4,6-7H,5,11H2,1H3;1H/t7-;/m1./s1. The summed E-state index contributed by atoms with van der Waals surface area (Å²) in [7, 11) is 0. The third-order valence-electron chi connectivity index (χ3n) is 1.45. The summed E-state index contributed by atoms with van der Waals surface area (Å²) in [5.41, 5.74) is 6.83. The highest BCUT2D eigenvalue weighted by Gasteiger charge is 1.97. The predicted octanol–water partition coefficient (Wildman–Crippen LogP) is 2.65. The van der Waals surface area contributed by atoms with Gasteiger partial charge in [0.25, 0.3) is 0 Å². The van der Waals surface area contributed by atoms with E-state index in [1.54, 1.807) is 0 Å². The van der Waals surface area contributed by atoms with Crippen LogP contribution in [0.3, 0.4) is 0 Å². The molecule has 68 valence electrons. The van der Waals surface area contributed by atoms with E-state index in [0.717, 1.165) is 11.4 Å². The zero-order chi connectivity index (χ0) is 8.27. The van der Waals surface area contributed by atoms with Gasteiger partial charge in [-0.25, -0.2) is 0 Å². The Hall–Kier alpha value is -0.240. The second-order valence-corrected chi connectivity index (χ2v) is 3.25. The third kappa shape index (κ3) is 3.96. The molecule has 1 atom stereocenters. The first-order valence-electron chi connectivity index (χ1n) is 3.68. The molecule has 0 saturated heterocycles. The lowest BCUT2D eigenvalue weighted by Gasteiger charge is -2.04. The van der Waals surface area contributed by atoms with Crippen LogP contribution in [-0.4, -0.2) is 6.04 Å². The van der Waals surface area contributed by atoms with Crippen LogP contribution in [0, 0.1) is 0 Å². The molecule has 1 aromatic rings. The molecule has 0 aliphatic rings. The van der Waals surface area contributed by atoms with Gasteiger partial charge in [-0.1, -0.05) is 23.7 Å². The smallest absolute Gasteiger partial charge is 0.0408 e. The Labute approximate surface area is 84.3 Å². The van der Waals surface area contributed by atoms with E-state index >= 15 is 0 Å². The van der Waals surface area contributed by atoms with Crippen LogP contribution in [0.4, 0.5) is 0 Å². The monoisotopic (exact) mass is 205 g/mol. The van der Waals surface area contributed by atoms with Crippen molar-refractivity contribution in [1.29, 1.82) is 0 Å². The Morgan fingerprint density at radius 1 is 1.50 bits per heavy atom. The zero-order valence-electron chi connectivity index (χ0n) is 6.96. The van der Waals surface area contributed by atoms with Crippen LogP contribution in [-0.2, 0) is 6.42 Å². The fraction of sp³-hybridized carbons (Fsp3) is 0.333. The van der Waals surface area contributed by atoms with E-state index in [9.17, 15) is 0 Å². The fourth-order valence-corrected chi connectivity index (χ4v) is 1.25. The van der Waals surface area contributed by atoms with Crippen LogP contribution >= 0.6 is 24.0 Å². The molecule has 1 aromatic carbocycles. The maximum atomic E-state index is 5.79. The molecule has 0 spiro atoms. The summed E-state index contributed by atoms with van der Waals surface area (Å²) < 4.78 is 0. The van der Waals surface area contributed by atoms with E-state index in [1.165, 1.54) is 5.56 Å². The number of rotatable bonds is 2. The molecular formula is C9H13Cl2N. The SMILES string of the molecule is C[C@@H](N)Cc1cccc(Cl)c1.Cl. The molecule has 1 rings (SSSR count). The summed E-state index contributed by atoms with van der Waals surface area (Å²) in [5, 5.41) is 0.781. The first-order valence-corrected chi connectivity index (χ1v) is 4.06. The van der Waals surface area contributed by atoms with Crippen molar-refractivity contribution in [3.05, 3.63) is 34.9 Å². The van der Waals surface area contributed by atoms with Crippen LogP contribution in [0.1, 0.15) is 12.5 Å². The lowest BCUT2D eigenvalue weighted by atomic mass is 10.1. The van der Waals surface area contributed by atoms with E-state index in [1.807, 2.05) is 31.2 Å². The minimum atomic E-state index is 0. The first-order chi connectivity index (χ1) is 5.18. The number of hydrogen-bond acceptors (Lipinski definition) is 1. The van der Waals surface area contributed by atoms with Crippen molar-refractivity contribution < 1.29 is 0 Å². The molecule has 0 saturated carbocycles. The molecule has 0 bridgehead atoms. The quantitative estimate of drug-likeness (QED) is 0.790. The van der Waals surface area contributed by atoms with Crippen molar-refractivity contribution >= 4 is 24.0 Å². The highest BCUT2D eigenvalue weighted by Crippen LogP contribution is 2.11. The Bertz CT molecular complexity index is 236. The van der Waals surface area contributed by atoms with Crippen molar-refractivity contribution in [2.45, 2.75) is 19.4 Å². The fourth-order valence-electron chi connectivity index (χ4n) is 1.04. The molecule has 0 unspecified atom stereocenters. The molecule has 0 radical (unpaired) electrons. The normalized spacial score (nSPS) is 11.9.